The van der Waals surface area contributed by atoms with Crippen LogP contribution in [0.15, 0.2) is 42.1 Å². The number of carbonyl (C=O) groups excluding carboxylic acids is 1. The number of hydrazine groups is 1. The molecule has 5 rings (SSSR count). The molecule has 8 nitrogen and oxygen atoms in total. The monoisotopic (exact) mass is 540 g/mol. The second-order valence-electron chi connectivity index (χ2n) is 11.4. The lowest BCUT2D eigenvalue weighted by Gasteiger charge is -2.47. The molecular weight excluding hydrogens is 502 g/mol. The Kier molecular flexibility index (Phi) is 7.19. The number of benzene rings is 2. The minimum atomic E-state index is -0.981. The Labute approximate surface area is 228 Å². The van der Waals surface area contributed by atoms with E-state index in [0.717, 1.165) is 41.9 Å². The third-order valence-corrected chi connectivity index (χ3v) is 8.34. The van der Waals surface area contributed by atoms with Crippen molar-refractivity contribution < 1.29 is 18.7 Å². The third-order valence-electron chi connectivity index (χ3n) is 8.34. The largest absolute Gasteiger partial charge is 0.401 e. The minimum absolute atomic E-state index is 0.115. The molecule has 0 spiro atoms. The van der Waals surface area contributed by atoms with Gasteiger partial charge in [-0.25, -0.2) is 14.6 Å². The average Bonchev–Trinajstić information content (AvgIpc) is 3.24. The molecule has 0 radical (unpaired) electrons. The van der Waals surface area contributed by atoms with Crippen LogP contribution in [0.5, 0.6) is 0 Å². The number of hydrogen-bond acceptors (Lipinski definition) is 7. The van der Waals surface area contributed by atoms with Gasteiger partial charge in [-0.05, 0) is 76.6 Å². The Balaban J connectivity index is 1.57. The summed E-state index contributed by atoms with van der Waals surface area (Å²) >= 11 is 0. The zero-order valence-corrected chi connectivity index (χ0v) is 22.8. The van der Waals surface area contributed by atoms with Crippen LogP contribution in [-0.4, -0.2) is 46.9 Å². The normalized spacial score (nSPS) is 27.7. The topological polar surface area (TPSA) is 111 Å². The molecule has 1 aliphatic carbocycles. The molecule has 2 aromatic carbocycles. The van der Waals surface area contributed by atoms with E-state index < -0.39 is 17.2 Å². The molecule has 1 unspecified atom stereocenters. The van der Waals surface area contributed by atoms with E-state index in [0.29, 0.717) is 49.2 Å². The first-order valence-electron chi connectivity index (χ1n) is 13.6. The number of halogens is 2. The number of aliphatic hydroxyl groups is 1. The predicted molar refractivity (Wildman–Crippen MR) is 149 cm³/mol. The third kappa shape index (κ3) is 5.15. The summed E-state index contributed by atoms with van der Waals surface area (Å²) in [5.41, 5.74) is 9.83. The van der Waals surface area contributed by atoms with Gasteiger partial charge in [-0.3, -0.25) is 4.79 Å². The molecule has 39 heavy (non-hydrogen) atoms. The van der Waals surface area contributed by atoms with E-state index >= 15 is 0 Å². The summed E-state index contributed by atoms with van der Waals surface area (Å²) in [6.45, 7) is 3.68. The number of fused-ring (bicyclic) bond motifs is 1. The smallest absolute Gasteiger partial charge is 0.227 e. The summed E-state index contributed by atoms with van der Waals surface area (Å²) in [6, 6.07) is 9.50. The van der Waals surface area contributed by atoms with Gasteiger partial charge in [0, 0.05) is 42.5 Å². The highest BCUT2D eigenvalue weighted by Gasteiger charge is 2.45. The van der Waals surface area contributed by atoms with Crippen LogP contribution in [0.1, 0.15) is 64.4 Å². The first-order valence-corrected chi connectivity index (χ1v) is 13.6. The molecule has 1 amide bonds. The van der Waals surface area contributed by atoms with Crippen LogP contribution < -0.4 is 26.7 Å². The molecule has 2 atom stereocenters. The fourth-order valence-corrected chi connectivity index (χ4v) is 6.49. The Morgan fingerprint density at radius 1 is 1.13 bits per heavy atom. The van der Waals surface area contributed by atoms with Gasteiger partial charge in [-0.1, -0.05) is 6.07 Å². The van der Waals surface area contributed by atoms with Crippen molar-refractivity contribution in [3.8, 4) is 0 Å². The van der Waals surface area contributed by atoms with Crippen LogP contribution in [0.2, 0.25) is 0 Å². The minimum Gasteiger partial charge on any atom is -0.401 e. The van der Waals surface area contributed by atoms with Crippen molar-refractivity contribution in [2.24, 2.45) is 11.6 Å². The van der Waals surface area contributed by atoms with E-state index in [4.69, 9.17) is 11.6 Å². The van der Waals surface area contributed by atoms with Crippen molar-refractivity contribution >= 4 is 28.7 Å². The molecule has 2 aromatic rings. The van der Waals surface area contributed by atoms with Crippen molar-refractivity contribution in [2.45, 2.75) is 82.6 Å². The Hall–Kier alpha value is -3.37. The van der Waals surface area contributed by atoms with Gasteiger partial charge < -0.3 is 31.0 Å². The van der Waals surface area contributed by atoms with E-state index in [1.807, 2.05) is 25.1 Å². The quantitative estimate of drug-likeness (QED) is 0.331. The molecule has 6 N–H and O–H groups in total. The summed E-state index contributed by atoms with van der Waals surface area (Å²) in [7, 11) is 1.74. The summed E-state index contributed by atoms with van der Waals surface area (Å²) < 4.78 is 28.1. The van der Waals surface area contributed by atoms with Gasteiger partial charge in [-0.2, -0.15) is 0 Å². The van der Waals surface area contributed by atoms with Crippen molar-refractivity contribution in [1.29, 1.82) is 0 Å². The fraction of sp³-hybridized carbons (Fsp3) is 0.483. The number of rotatable bonds is 5. The van der Waals surface area contributed by atoms with Crippen LogP contribution in [0, 0.1) is 11.6 Å². The summed E-state index contributed by atoms with van der Waals surface area (Å²) in [6.07, 6.45) is 4.36. The maximum atomic E-state index is 14.3. The number of amides is 1. The van der Waals surface area contributed by atoms with Crippen LogP contribution in [0.25, 0.3) is 5.70 Å². The van der Waals surface area contributed by atoms with E-state index in [-0.39, 0.29) is 24.2 Å². The van der Waals surface area contributed by atoms with E-state index in [1.165, 1.54) is 11.1 Å². The Morgan fingerprint density at radius 2 is 1.85 bits per heavy atom. The van der Waals surface area contributed by atoms with E-state index in [2.05, 4.69) is 10.2 Å². The lowest BCUT2D eigenvalue weighted by atomic mass is 9.82. The molecule has 2 heterocycles. The predicted octanol–water partition coefficient (Wildman–Crippen LogP) is 4.25. The maximum Gasteiger partial charge on any atom is 0.227 e. The second kappa shape index (κ2) is 10.3. The highest BCUT2D eigenvalue weighted by molar-refractivity contribution is 5.95. The molecule has 10 heteroatoms. The van der Waals surface area contributed by atoms with E-state index in [1.54, 1.807) is 18.9 Å². The summed E-state index contributed by atoms with van der Waals surface area (Å²) in [5.74, 6) is 4.05. The number of allylic oxidation sites excluding steroid dienone is 1. The molecule has 210 valence electrons. The number of anilines is 3. The number of hydrogen-bond donors (Lipinski definition) is 4. The molecule has 3 aliphatic rings. The number of nitrogens with two attached hydrogens (primary N) is 2. The van der Waals surface area contributed by atoms with Crippen molar-refractivity contribution in [3.63, 3.8) is 0 Å². The summed E-state index contributed by atoms with van der Waals surface area (Å²) in [5, 5.41) is 15.8. The number of nitrogens with one attached hydrogen (secondary N) is 1. The Morgan fingerprint density at radius 3 is 2.49 bits per heavy atom. The van der Waals surface area contributed by atoms with Gasteiger partial charge >= 0.3 is 0 Å². The fourth-order valence-electron chi connectivity index (χ4n) is 6.49. The lowest BCUT2D eigenvalue weighted by Crippen LogP contribution is -2.60. The molecule has 2 fully saturated rings. The van der Waals surface area contributed by atoms with Gasteiger partial charge in [0.2, 0.25) is 5.91 Å². The number of piperidine rings is 1. The molecule has 0 bridgehead atoms. The summed E-state index contributed by atoms with van der Waals surface area (Å²) in [4.78, 5) is 17.2. The number of nitrogens with zero attached hydrogens (tertiary/aromatic N) is 3. The van der Waals surface area contributed by atoms with Crippen LogP contribution in [0.3, 0.4) is 0 Å². The molecule has 2 aliphatic heterocycles. The molecule has 0 aromatic heterocycles. The van der Waals surface area contributed by atoms with Gasteiger partial charge in [0.05, 0.1) is 28.7 Å². The van der Waals surface area contributed by atoms with Gasteiger partial charge in [-0.15, -0.1) is 0 Å². The average molecular weight is 541 g/mol. The first kappa shape index (κ1) is 27.2. The van der Waals surface area contributed by atoms with Crippen LogP contribution >= 0.6 is 0 Å². The van der Waals surface area contributed by atoms with Crippen molar-refractivity contribution in [1.82, 2.24) is 5.01 Å². The van der Waals surface area contributed by atoms with Gasteiger partial charge in [0.15, 0.2) is 11.6 Å². The van der Waals surface area contributed by atoms with Crippen molar-refractivity contribution in [3.05, 3.63) is 59.3 Å². The second-order valence-corrected chi connectivity index (χ2v) is 11.4. The number of carbonyl (C=O) groups is 1. The van der Waals surface area contributed by atoms with E-state index in [9.17, 15) is 18.7 Å². The SMILES string of the molecule is C/C(N)=C(\c1ccc2c(c1)N[C@@H](C1CCCC(=O)N1c1ccc(F)c(F)c1)N2C1CCC(C)(O)CC1)N(C)N. The maximum absolute atomic E-state index is 14.3. The first-order chi connectivity index (χ1) is 18.5. The van der Waals surface area contributed by atoms with Crippen LogP contribution in [-0.2, 0) is 4.79 Å². The Bertz CT molecular complexity index is 1280. The zero-order chi connectivity index (χ0) is 28.1. The van der Waals surface area contributed by atoms with Gasteiger partial charge in [0.25, 0.3) is 0 Å². The molecule has 1 saturated heterocycles. The highest BCUT2D eigenvalue weighted by atomic mass is 19.2. The van der Waals surface area contributed by atoms with Gasteiger partial charge in [0.1, 0.15) is 6.17 Å². The molecular formula is C29H38F2N6O2. The lowest BCUT2D eigenvalue weighted by molar-refractivity contribution is -0.120. The van der Waals surface area contributed by atoms with Crippen molar-refractivity contribution in [2.75, 3.05) is 22.2 Å². The standard InChI is InChI=1S/C29H38F2N6O2/c1-17(32)27(35(3)33)18-7-10-24-23(15-18)34-28(37(24)19-11-13-29(2,39)14-12-19)25-5-4-6-26(38)36(25)20-8-9-21(30)22(31)16-20/h7-10,15-16,19,25,28,34,39H,4-6,11-14,32-33H2,1-3H3/b27-17-/t19?,25?,28-,29?/m1/s1. The molecule has 1 saturated carbocycles. The van der Waals surface area contributed by atoms with Crippen LogP contribution in [0.4, 0.5) is 25.8 Å². The zero-order valence-electron chi connectivity index (χ0n) is 22.8. The highest BCUT2D eigenvalue weighted by Crippen LogP contribution is 2.45.